The van der Waals surface area contributed by atoms with Crippen molar-refractivity contribution in [2.45, 2.75) is 160 Å². The van der Waals surface area contributed by atoms with Gasteiger partial charge in [0.15, 0.2) is 0 Å². The number of aldehydes is 1. The van der Waals surface area contributed by atoms with Crippen LogP contribution in [0, 0.1) is 53.2 Å². The third-order valence-electron chi connectivity index (χ3n) is 20.2. The van der Waals surface area contributed by atoms with Crippen LogP contribution in [0.5, 0.6) is 0 Å². The van der Waals surface area contributed by atoms with Crippen LogP contribution in [0.4, 0.5) is 78.8 Å². The zero-order valence-corrected chi connectivity index (χ0v) is 106. The van der Waals surface area contributed by atoms with Gasteiger partial charge in [-0.05, 0) is 328 Å². The average molecular weight is 2910 g/mol. The van der Waals surface area contributed by atoms with Crippen molar-refractivity contribution in [2.24, 2.45) is 5.73 Å². The topological polar surface area (TPSA) is 373 Å². The van der Waals surface area contributed by atoms with E-state index in [2.05, 4.69) is 259 Å². The number of aliphatic hydroxyl groups is 1. The molecule has 0 saturated carbocycles. The molecule has 1 radical (unpaired) electrons. The normalized spacial score (nSPS) is 14.4. The Hall–Kier alpha value is -3.64. The van der Waals surface area contributed by atoms with Gasteiger partial charge in [-0.3, -0.25) is 28.9 Å². The van der Waals surface area contributed by atoms with Crippen molar-refractivity contribution in [3.63, 3.8) is 0 Å². The van der Waals surface area contributed by atoms with Crippen LogP contribution in [0.2, 0.25) is 0 Å². The number of nitro groups is 2. The van der Waals surface area contributed by atoms with Crippen molar-refractivity contribution < 1.29 is 88.2 Å². The standard InChI is InChI=1S/C16H26BFN2O2.C16H19FN4O2.C16H21FN4.C12H24B2O4.C10H14BrFN2.C7H4BrFO.C6H5BrN2O2.C4H12N2.C3H6I2.C3H6I.C2H3I3.CH4O.CH4.V/c1-15(2)16(3,4)22-17(21-15)12-9-13(18)11-14(10-12)19-7-8-20(5)6;1-20(2)7-6-19-13-9-11(8-12(17)10-13)14-4-3-5-15(18)16(14)21(22)23;1-21(2)7-6-20-13-9-11(8-12(17)10-13)14-4-3-5-15(18)16(14)19;1-9(2)10(3,4)16-13(15-9)14-17-11(5,6)12(7,8)18-14;1-14(2)4-3-13-10-6-8(11)5-9(12)7-10;8-6-1-5(4-10)2-7(9)3-6;7-4-2-1-3-5(8)6(4)9(10)11;1-6(2)4-3-5;1-3(2,4)5;1-3(2)4;1-2(3,4)5;1-2;;/h9-11,19H,7-8H2,1-6H3;3-5,8-10,19H,6-7,18H2,1-2H3;3-5,8-10,20H,6-7,18-19H2,1-2H3;1-8H3;5-7,13H,3-4H2,1-2H3;1-4H;1-3H,8H2;3-5H2,1-2H3;1-2H3;1-2H3;1H3;2H,1H3;1H4;/q;;;;;;;;;-1;;;;. The number of benzene rings is 8. The number of hydrogen-bond acceptors (Lipinski definition) is 26. The van der Waals surface area contributed by atoms with Crippen molar-refractivity contribution in [1.29, 1.82) is 0 Å². The first-order chi connectivity index (χ1) is 64.8. The van der Waals surface area contributed by atoms with E-state index >= 15 is 0 Å². The summed E-state index contributed by atoms with van der Waals surface area (Å²) in [5, 5.41) is 41.3. The molecule has 0 spiro atoms. The number of nitrogens with two attached hydrogens (primary N) is 5. The van der Waals surface area contributed by atoms with Gasteiger partial charge in [0.2, 0.25) is 0 Å². The van der Waals surface area contributed by atoms with Crippen molar-refractivity contribution in [2.75, 3.05) is 187 Å². The van der Waals surface area contributed by atoms with Gasteiger partial charge in [0.05, 0.1) is 66.3 Å². The van der Waals surface area contributed by atoms with Gasteiger partial charge in [-0.25, -0.2) is 22.0 Å². The number of hydrogen-bond donors (Lipinski definition) is 10. The third kappa shape index (κ3) is 59.3. The maximum absolute atomic E-state index is 13.9. The molecule has 15 N–H and O–H groups in total. The van der Waals surface area contributed by atoms with E-state index < -0.39 is 53.8 Å². The number of nitrogens with one attached hydrogen (secondary N) is 4. The molecule has 28 nitrogen and oxygen atoms in total. The number of rotatable bonds is 25. The predicted molar refractivity (Wildman–Crippen MR) is 648 cm³/mol. The average Bonchev–Trinajstić information content (AvgIpc) is 1.58. The monoisotopic (exact) mass is 2910 g/mol. The molecule has 3 saturated heterocycles. The summed E-state index contributed by atoms with van der Waals surface area (Å²) in [5.74, 6) is -1.70. The summed E-state index contributed by atoms with van der Waals surface area (Å²) in [7, 11) is 19.4. The van der Waals surface area contributed by atoms with Gasteiger partial charge in [-0.1, -0.05) is 177 Å². The van der Waals surface area contributed by atoms with Crippen LogP contribution in [-0.2, 0) is 46.5 Å². The Balaban J connectivity index is -0.00000156. The van der Waals surface area contributed by atoms with Crippen molar-refractivity contribution >= 4 is 273 Å². The summed E-state index contributed by atoms with van der Waals surface area (Å²) in [6.45, 7) is 42.9. The van der Waals surface area contributed by atoms with Crippen molar-refractivity contribution in [3.05, 3.63) is 218 Å². The van der Waals surface area contributed by atoms with E-state index in [1.54, 1.807) is 42.5 Å². The molecule has 0 atom stereocenters. The van der Waals surface area contributed by atoms with Crippen molar-refractivity contribution in [3.8, 4) is 22.3 Å². The number of likely N-dealkylation sites (N-methyl/N-ethyl adjacent to an activating group) is 5. The zero-order valence-electron chi connectivity index (χ0n) is 86.4. The summed E-state index contributed by atoms with van der Waals surface area (Å²) in [4.78, 5) is 40.9. The maximum atomic E-state index is 13.9. The molecule has 801 valence electrons. The summed E-state index contributed by atoms with van der Waals surface area (Å²) < 4.78 is 107. The fourth-order valence-electron chi connectivity index (χ4n) is 11.3. The molecule has 0 amide bonds. The first kappa shape index (κ1) is 143. The molecular formula is C97H148B3Br3F5I6N16O12V-. The summed E-state index contributed by atoms with van der Waals surface area (Å²) in [6, 6.07) is 37.5. The van der Waals surface area contributed by atoms with E-state index in [0.717, 1.165) is 93.1 Å². The Bertz CT molecular complexity index is 4950. The van der Waals surface area contributed by atoms with E-state index in [-0.39, 0.29) is 88.6 Å². The van der Waals surface area contributed by atoms with Crippen LogP contribution < -0.4 is 55.4 Å². The number of para-hydroxylation sites is 3. The number of halogens is 14. The van der Waals surface area contributed by atoms with Gasteiger partial charge in [0, 0.05) is 134 Å². The van der Waals surface area contributed by atoms with Crippen LogP contribution in [0.25, 0.3) is 22.3 Å². The molecular weight excluding hydrogens is 2760 g/mol. The van der Waals surface area contributed by atoms with Crippen LogP contribution in [0.3, 0.4) is 0 Å². The third-order valence-corrected chi connectivity index (χ3v) is 21.8. The minimum Gasteiger partial charge on any atom is -0.405 e. The van der Waals surface area contributed by atoms with Crippen molar-refractivity contribution in [1.82, 2.24) is 24.5 Å². The van der Waals surface area contributed by atoms with Crippen LogP contribution >= 0.6 is 183 Å². The Morgan fingerprint density at radius 1 is 0.448 bits per heavy atom. The summed E-state index contributed by atoms with van der Waals surface area (Å²) in [5.41, 5.74) is 32.7. The first-order valence-electron chi connectivity index (χ1n) is 44.2. The molecule has 0 aliphatic carbocycles. The first-order valence-corrected chi connectivity index (χ1v) is 53.1. The number of nitro benzene ring substituents is 2. The molecule has 0 aromatic heterocycles. The number of anilines is 8. The predicted octanol–water partition coefficient (Wildman–Crippen LogP) is 24.1. The van der Waals surface area contributed by atoms with Gasteiger partial charge in [0.1, 0.15) is 46.2 Å². The summed E-state index contributed by atoms with van der Waals surface area (Å²) >= 11 is 23.4. The van der Waals surface area contributed by atoms with Gasteiger partial charge in [-0.15, -0.1) is 0 Å². The zero-order chi connectivity index (χ0) is 109. The van der Waals surface area contributed by atoms with Crippen LogP contribution in [-0.4, -0.2) is 244 Å². The minimum absolute atomic E-state index is 0. The number of carbonyl (C=O) groups is 1. The molecule has 8 aromatic rings. The Morgan fingerprint density at radius 2 is 0.727 bits per heavy atom. The van der Waals surface area contributed by atoms with E-state index in [1.807, 2.05) is 189 Å². The Kier molecular flexibility index (Phi) is 69.3. The Morgan fingerprint density at radius 3 is 1.03 bits per heavy atom. The molecule has 11 rings (SSSR count). The van der Waals surface area contributed by atoms with Crippen LogP contribution in [0.1, 0.15) is 135 Å². The SMILES string of the molecule is C.CC(C)(I)I.CC(I)(I)I.CC1(C)OB(B2OC(C)(C)C(C)(C)O2)OC1(C)C.CN(C)CCN.CN(C)CCNc1cc(F)cc(-c2cccc(N)c2N)c1.CN(C)CCNc1cc(F)cc(-c2cccc(N)c2[N+](=O)[O-])c1.CN(C)CCNc1cc(F)cc(B2OC(C)(C)C(C)(C)O2)c1.CN(C)CCNc1cc(F)cc(Br)c1.CO.C[C-](C)I.Nc1cccc(Br)c1[N+](=O)[O-].O=Cc1cc(F)cc(Br)c1.[V]. The second-order valence-corrected chi connectivity index (χ2v) is 61.8. The minimum atomic E-state index is -0.547. The number of nitrogens with zero attached hydrogens (tertiary/aromatic N) is 7. The fraction of sp³-hybridized carbons (Fsp3) is 0.485. The van der Waals surface area contributed by atoms with Gasteiger partial charge < -0.3 is 130 Å². The number of aliphatic hydroxyl groups excluding tert-OH is 1. The molecule has 3 fully saturated rings. The molecule has 3 aliphatic heterocycles. The molecule has 143 heavy (non-hydrogen) atoms. The maximum Gasteiger partial charge on any atom is 0.495 e. The molecule has 3 aliphatic rings. The van der Waals surface area contributed by atoms with Gasteiger partial charge in [-0.2, -0.15) is 13.8 Å². The second kappa shape index (κ2) is 69.1. The summed E-state index contributed by atoms with van der Waals surface area (Å²) in [6.07, 6.45) is 0.605. The molecule has 8 aromatic carbocycles. The van der Waals surface area contributed by atoms with Gasteiger partial charge >= 0.3 is 26.8 Å². The molecule has 0 bridgehead atoms. The van der Waals surface area contributed by atoms with E-state index in [1.165, 1.54) is 76.7 Å². The van der Waals surface area contributed by atoms with Crippen LogP contribution in [0.15, 0.2) is 159 Å². The van der Waals surface area contributed by atoms with E-state index in [4.69, 9.17) is 61.7 Å². The number of nitrogen functional groups attached to an aromatic ring is 4. The second-order valence-electron chi connectivity index (χ2n) is 36.8. The Labute approximate surface area is 967 Å². The quantitative estimate of drug-likeness (QED) is 0.00292. The smallest absolute Gasteiger partial charge is 0.405 e. The molecule has 46 heteroatoms. The number of carbonyl (C=O) groups excluding carboxylic acids is 1. The largest absolute Gasteiger partial charge is 0.495 e. The van der Waals surface area contributed by atoms with E-state index in [9.17, 15) is 47.0 Å². The van der Waals surface area contributed by atoms with Gasteiger partial charge in [0.25, 0.3) is 5.69 Å². The number of alkyl halides is 5. The van der Waals surface area contributed by atoms with E-state index in [0.29, 0.717) is 67.4 Å². The molecule has 3 heterocycles. The fourth-order valence-corrected chi connectivity index (χ4v) is 12.8. The molecule has 0 unspecified atom stereocenters.